The Labute approximate surface area is 92.5 Å². The number of halogens is 1. The van der Waals surface area contributed by atoms with Crippen molar-refractivity contribution in [2.75, 3.05) is 13.1 Å². The summed E-state index contributed by atoms with van der Waals surface area (Å²) >= 11 is 3.41. The zero-order valence-corrected chi connectivity index (χ0v) is 9.50. The second kappa shape index (κ2) is 4.43. The number of rotatable bonds is 1. The topological polar surface area (TPSA) is 32.3 Å². The lowest BCUT2D eigenvalue weighted by Crippen LogP contribution is -2.39. The van der Waals surface area contributed by atoms with Crippen LogP contribution >= 0.6 is 15.9 Å². The summed E-state index contributed by atoms with van der Waals surface area (Å²) in [4.78, 5) is 0. The Bertz CT molecular complexity index is 299. The van der Waals surface area contributed by atoms with Gasteiger partial charge < -0.3 is 10.4 Å². The van der Waals surface area contributed by atoms with Gasteiger partial charge in [-0.3, -0.25) is 0 Å². The minimum absolute atomic E-state index is 0.245. The van der Waals surface area contributed by atoms with Crippen molar-refractivity contribution in [1.29, 1.82) is 0 Å². The van der Waals surface area contributed by atoms with Gasteiger partial charge in [0.15, 0.2) is 0 Å². The van der Waals surface area contributed by atoms with Crippen molar-refractivity contribution in [2.45, 2.75) is 18.4 Å². The highest BCUT2D eigenvalue weighted by molar-refractivity contribution is 9.10. The van der Waals surface area contributed by atoms with E-state index in [1.807, 2.05) is 12.1 Å². The summed E-state index contributed by atoms with van der Waals surface area (Å²) in [7, 11) is 0. The molecule has 2 nitrogen and oxygen atoms in total. The van der Waals surface area contributed by atoms with Gasteiger partial charge in [0.2, 0.25) is 0 Å². The highest BCUT2D eigenvalue weighted by Gasteiger charge is 2.23. The van der Waals surface area contributed by atoms with Crippen LogP contribution in [-0.2, 0) is 0 Å². The molecule has 2 atom stereocenters. The summed E-state index contributed by atoms with van der Waals surface area (Å²) < 4.78 is 1.09. The van der Waals surface area contributed by atoms with Gasteiger partial charge in [-0.1, -0.05) is 28.1 Å². The van der Waals surface area contributed by atoms with E-state index in [1.54, 1.807) is 0 Å². The number of hydrogen-bond acceptors (Lipinski definition) is 2. The van der Waals surface area contributed by atoms with Crippen molar-refractivity contribution in [3.8, 4) is 0 Å². The molecule has 0 radical (unpaired) electrons. The molecule has 1 fully saturated rings. The van der Waals surface area contributed by atoms with E-state index in [1.165, 1.54) is 5.56 Å². The third kappa shape index (κ3) is 2.16. The van der Waals surface area contributed by atoms with E-state index in [0.717, 1.165) is 17.4 Å². The number of hydrogen-bond donors (Lipinski definition) is 2. The van der Waals surface area contributed by atoms with Crippen molar-refractivity contribution in [3.05, 3.63) is 34.3 Å². The largest absolute Gasteiger partial charge is 0.391 e. The maximum atomic E-state index is 9.82. The zero-order valence-electron chi connectivity index (χ0n) is 7.91. The number of benzene rings is 1. The monoisotopic (exact) mass is 255 g/mol. The van der Waals surface area contributed by atoms with Gasteiger partial charge in [0, 0.05) is 16.9 Å². The van der Waals surface area contributed by atoms with E-state index in [-0.39, 0.29) is 6.10 Å². The molecule has 1 heterocycles. The Morgan fingerprint density at radius 3 is 2.64 bits per heavy atom. The minimum atomic E-state index is -0.245. The molecule has 1 aromatic rings. The van der Waals surface area contributed by atoms with Crippen LogP contribution in [0.2, 0.25) is 0 Å². The molecular weight excluding hydrogens is 242 g/mol. The molecule has 1 aliphatic rings. The van der Waals surface area contributed by atoms with Crippen molar-refractivity contribution < 1.29 is 5.11 Å². The summed E-state index contributed by atoms with van der Waals surface area (Å²) in [5, 5.41) is 13.0. The van der Waals surface area contributed by atoms with E-state index >= 15 is 0 Å². The third-order valence-electron chi connectivity index (χ3n) is 2.75. The third-order valence-corrected chi connectivity index (χ3v) is 3.28. The van der Waals surface area contributed by atoms with Gasteiger partial charge >= 0.3 is 0 Å². The molecule has 0 aliphatic carbocycles. The van der Waals surface area contributed by atoms with Gasteiger partial charge in [-0.15, -0.1) is 0 Å². The average molecular weight is 256 g/mol. The first kappa shape index (κ1) is 10.1. The van der Waals surface area contributed by atoms with Crippen LogP contribution < -0.4 is 5.32 Å². The van der Waals surface area contributed by atoms with Crippen LogP contribution in [0.1, 0.15) is 17.9 Å². The van der Waals surface area contributed by atoms with E-state index in [2.05, 4.69) is 33.4 Å². The Morgan fingerprint density at radius 2 is 2.00 bits per heavy atom. The first-order valence-electron chi connectivity index (χ1n) is 4.91. The minimum Gasteiger partial charge on any atom is -0.391 e. The van der Waals surface area contributed by atoms with Crippen molar-refractivity contribution in [3.63, 3.8) is 0 Å². The number of β-amino-alcohol motifs (C(OH)–C–C–N with tert-alkyl or cyclic N) is 1. The standard InChI is InChI=1S/C11H14BrNO/c12-9-3-1-8(2-4-9)10-5-6-13-7-11(10)14/h1-4,10-11,13-14H,5-7H2/t10-,11-/m1/s1. The maximum absolute atomic E-state index is 9.82. The molecule has 14 heavy (non-hydrogen) atoms. The lowest BCUT2D eigenvalue weighted by atomic mass is 9.88. The lowest BCUT2D eigenvalue weighted by molar-refractivity contribution is 0.118. The van der Waals surface area contributed by atoms with Gasteiger partial charge in [-0.25, -0.2) is 0 Å². The Kier molecular flexibility index (Phi) is 3.21. The molecule has 76 valence electrons. The number of aliphatic hydroxyl groups is 1. The molecule has 0 unspecified atom stereocenters. The van der Waals surface area contributed by atoms with Crippen molar-refractivity contribution in [1.82, 2.24) is 5.32 Å². The van der Waals surface area contributed by atoms with Gasteiger partial charge in [0.25, 0.3) is 0 Å². The fraction of sp³-hybridized carbons (Fsp3) is 0.455. The van der Waals surface area contributed by atoms with Crippen LogP contribution in [0.4, 0.5) is 0 Å². The SMILES string of the molecule is O[C@@H]1CNCC[C@@H]1c1ccc(Br)cc1. The van der Waals surface area contributed by atoms with Gasteiger partial charge in [-0.05, 0) is 30.7 Å². The predicted octanol–water partition coefficient (Wildman–Crippen LogP) is 1.89. The van der Waals surface area contributed by atoms with Crippen molar-refractivity contribution >= 4 is 15.9 Å². The van der Waals surface area contributed by atoms with Gasteiger partial charge in [0.1, 0.15) is 0 Å². The van der Waals surface area contributed by atoms with Crippen molar-refractivity contribution in [2.24, 2.45) is 0 Å². The smallest absolute Gasteiger partial charge is 0.0733 e. The van der Waals surface area contributed by atoms with Crippen LogP contribution in [-0.4, -0.2) is 24.3 Å². The van der Waals surface area contributed by atoms with Crippen LogP contribution in [0.3, 0.4) is 0 Å². The van der Waals surface area contributed by atoms with E-state index in [9.17, 15) is 5.11 Å². The normalized spacial score (nSPS) is 27.6. The highest BCUT2D eigenvalue weighted by Crippen LogP contribution is 2.26. The zero-order chi connectivity index (χ0) is 9.97. The average Bonchev–Trinajstić information content (AvgIpc) is 2.20. The molecule has 0 saturated carbocycles. The molecule has 2 rings (SSSR count). The fourth-order valence-electron chi connectivity index (χ4n) is 1.94. The Balaban J connectivity index is 2.16. The molecule has 0 aromatic heterocycles. The number of piperidine rings is 1. The highest BCUT2D eigenvalue weighted by atomic mass is 79.9. The first-order chi connectivity index (χ1) is 6.77. The molecule has 1 aliphatic heterocycles. The summed E-state index contributed by atoms with van der Waals surface area (Å²) in [6, 6.07) is 8.24. The van der Waals surface area contributed by atoms with E-state index < -0.39 is 0 Å². The Hall–Kier alpha value is -0.380. The summed E-state index contributed by atoms with van der Waals surface area (Å²) in [5.74, 6) is 0.296. The summed E-state index contributed by atoms with van der Waals surface area (Å²) in [5.41, 5.74) is 1.24. The van der Waals surface area contributed by atoms with Crippen LogP contribution in [0.5, 0.6) is 0 Å². The molecule has 0 amide bonds. The first-order valence-corrected chi connectivity index (χ1v) is 5.71. The lowest BCUT2D eigenvalue weighted by Gasteiger charge is -2.28. The van der Waals surface area contributed by atoms with E-state index in [4.69, 9.17) is 0 Å². The molecule has 3 heteroatoms. The quantitative estimate of drug-likeness (QED) is 0.804. The summed E-state index contributed by atoms with van der Waals surface area (Å²) in [6.07, 6.45) is 0.771. The second-order valence-electron chi connectivity index (χ2n) is 3.72. The van der Waals surface area contributed by atoms with Gasteiger partial charge in [-0.2, -0.15) is 0 Å². The predicted molar refractivity (Wildman–Crippen MR) is 60.4 cm³/mol. The molecule has 0 bridgehead atoms. The molecule has 1 aromatic carbocycles. The number of aliphatic hydroxyl groups excluding tert-OH is 1. The summed E-state index contributed by atoms with van der Waals surface area (Å²) in [6.45, 7) is 1.71. The van der Waals surface area contributed by atoms with Crippen LogP contribution in [0, 0.1) is 0 Å². The Morgan fingerprint density at radius 1 is 1.29 bits per heavy atom. The second-order valence-corrected chi connectivity index (χ2v) is 4.63. The molecule has 0 spiro atoms. The van der Waals surface area contributed by atoms with Crippen LogP contribution in [0.25, 0.3) is 0 Å². The van der Waals surface area contributed by atoms with Crippen LogP contribution in [0.15, 0.2) is 28.7 Å². The molecular formula is C11H14BrNO. The molecule has 2 N–H and O–H groups in total. The van der Waals surface area contributed by atoms with Gasteiger partial charge in [0.05, 0.1) is 6.10 Å². The van der Waals surface area contributed by atoms with E-state index in [0.29, 0.717) is 12.5 Å². The number of nitrogens with one attached hydrogen (secondary N) is 1. The fourth-order valence-corrected chi connectivity index (χ4v) is 2.21. The maximum Gasteiger partial charge on any atom is 0.0733 e. The molecule has 1 saturated heterocycles.